The van der Waals surface area contributed by atoms with Crippen LogP contribution in [0.25, 0.3) is 11.5 Å². The van der Waals surface area contributed by atoms with Gasteiger partial charge in [0.05, 0.1) is 5.25 Å². The van der Waals surface area contributed by atoms with E-state index in [1.54, 1.807) is 18.2 Å². The first-order chi connectivity index (χ1) is 11.0. The number of rotatable bonds is 5. The van der Waals surface area contributed by atoms with E-state index >= 15 is 0 Å². The molecule has 6 nitrogen and oxygen atoms in total. The zero-order chi connectivity index (χ0) is 16.4. The fourth-order valence-electron chi connectivity index (χ4n) is 2.77. The fraction of sp³-hybridized carbons (Fsp3) is 0.500. The minimum Gasteiger partial charge on any atom is -0.421 e. The van der Waals surface area contributed by atoms with Gasteiger partial charge in [-0.05, 0) is 38.3 Å². The summed E-state index contributed by atoms with van der Waals surface area (Å²) in [5.74, 6) is 1.30. The molecule has 7 heteroatoms. The Labute approximate surface area is 136 Å². The third-order valence-corrected chi connectivity index (χ3v) is 6.40. The van der Waals surface area contributed by atoms with Crippen LogP contribution in [0.5, 0.6) is 0 Å². The van der Waals surface area contributed by atoms with Crippen molar-refractivity contribution in [1.29, 1.82) is 0 Å². The zero-order valence-corrected chi connectivity index (χ0v) is 14.2. The minimum absolute atomic E-state index is 0.229. The van der Waals surface area contributed by atoms with Gasteiger partial charge in [-0.25, -0.2) is 12.7 Å². The number of nitrogens with zero attached hydrogens (tertiary/aromatic N) is 3. The maximum atomic E-state index is 12.2. The van der Waals surface area contributed by atoms with Crippen molar-refractivity contribution in [3.05, 3.63) is 36.2 Å². The van der Waals surface area contributed by atoms with E-state index in [0.29, 0.717) is 31.3 Å². The van der Waals surface area contributed by atoms with Crippen LogP contribution in [0.3, 0.4) is 0 Å². The molecular formula is C16H21N3O3S. The van der Waals surface area contributed by atoms with Crippen molar-refractivity contribution in [1.82, 2.24) is 14.5 Å². The Morgan fingerprint density at radius 2 is 2.00 bits per heavy atom. The van der Waals surface area contributed by atoms with Gasteiger partial charge in [0.1, 0.15) is 0 Å². The monoisotopic (exact) mass is 335 g/mol. The Bertz CT molecular complexity index is 756. The number of hydrogen-bond donors (Lipinski definition) is 0. The average Bonchev–Trinajstić information content (AvgIpc) is 3.18. The van der Waals surface area contributed by atoms with Crippen LogP contribution < -0.4 is 0 Å². The van der Waals surface area contributed by atoms with Crippen LogP contribution in [-0.2, 0) is 16.4 Å². The van der Waals surface area contributed by atoms with Gasteiger partial charge >= 0.3 is 0 Å². The number of sulfonamides is 1. The van der Waals surface area contributed by atoms with Crippen molar-refractivity contribution in [2.24, 2.45) is 5.92 Å². The maximum absolute atomic E-state index is 12.2. The molecule has 0 N–H and O–H groups in total. The molecule has 0 spiro atoms. The van der Waals surface area contributed by atoms with Crippen LogP contribution in [0.2, 0.25) is 0 Å². The molecule has 0 bridgehead atoms. The van der Waals surface area contributed by atoms with Crippen LogP contribution in [0.4, 0.5) is 0 Å². The van der Waals surface area contributed by atoms with Gasteiger partial charge in [-0.15, -0.1) is 10.2 Å². The molecule has 0 aliphatic carbocycles. The SMILES string of the molecule is CC(C)S(=O)(=O)N1CCC(Cc2nnc(-c3ccccc3)o2)C1. The van der Waals surface area contributed by atoms with Crippen molar-refractivity contribution in [3.63, 3.8) is 0 Å². The van der Waals surface area contributed by atoms with Gasteiger partial charge in [0, 0.05) is 25.1 Å². The maximum Gasteiger partial charge on any atom is 0.247 e. The summed E-state index contributed by atoms with van der Waals surface area (Å²) in [6.07, 6.45) is 1.44. The summed E-state index contributed by atoms with van der Waals surface area (Å²) in [6.45, 7) is 4.54. The molecule has 3 rings (SSSR count). The van der Waals surface area contributed by atoms with Crippen molar-refractivity contribution in [2.75, 3.05) is 13.1 Å². The van der Waals surface area contributed by atoms with E-state index in [1.165, 1.54) is 0 Å². The van der Waals surface area contributed by atoms with Gasteiger partial charge < -0.3 is 4.42 Å². The van der Waals surface area contributed by atoms with Crippen LogP contribution in [-0.4, -0.2) is 41.3 Å². The van der Waals surface area contributed by atoms with E-state index in [-0.39, 0.29) is 11.2 Å². The number of hydrogen-bond acceptors (Lipinski definition) is 5. The highest BCUT2D eigenvalue weighted by Crippen LogP contribution is 2.25. The molecule has 0 saturated carbocycles. The van der Waals surface area contributed by atoms with E-state index in [2.05, 4.69) is 10.2 Å². The first kappa shape index (κ1) is 16.1. The lowest BCUT2D eigenvalue weighted by atomic mass is 10.1. The third kappa shape index (κ3) is 3.45. The molecule has 2 heterocycles. The zero-order valence-electron chi connectivity index (χ0n) is 13.3. The van der Waals surface area contributed by atoms with Gasteiger partial charge in [-0.1, -0.05) is 18.2 Å². The van der Waals surface area contributed by atoms with Gasteiger partial charge in [0.2, 0.25) is 21.8 Å². The normalized spacial score (nSPS) is 19.5. The summed E-state index contributed by atoms with van der Waals surface area (Å²) in [5.41, 5.74) is 0.890. The van der Waals surface area contributed by atoms with E-state index in [9.17, 15) is 8.42 Å². The van der Waals surface area contributed by atoms with Gasteiger partial charge in [0.25, 0.3) is 0 Å². The third-order valence-electron chi connectivity index (χ3n) is 4.16. The van der Waals surface area contributed by atoms with Crippen molar-refractivity contribution < 1.29 is 12.8 Å². The highest BCUT2D eigenvalue weighted by molar-refractivity contribution is 7.89. The van der Waals surface area contributed by atoms with E-state index in [4.69, 9.17) is 4.42 Å². The topological polar surface area (TPSA) is 76.3 Å². The molecule has 23 heavy (non-hydrogen) atoms. The van der Waals surface area contributed by atoms with E-state index in [1.807, 2.05) is 30.3 Å². The molecule has 1 atom stereocenters. The molecule has 1 aromatic carbocycles. The quantitative estimate of drug-likeness (QED) is 0.838. The number of aromatic nitrogens is 2. The number of benzene rings is 1. The molecule has 2 aromatic rings. The molecule has 1 aliphatic rings. The Hall–Kier alpha value is -1.73. The van der Waals surface area contributed by atoms with Crippen LogP contribution in [0.1, 0.15) is 26.2 Å². The Kier molecular flexibility index (Phi) is 4.50. The fourth-order valence-corrected chi connectivity index (χ4v) is 4.15. The van der Waals surface area contributed by atoms with Crippen LogP contribution >= 0.6 is 0 Å². The van der Waals surface area contributed by atoms with Crippen LogP contribution in [0.15, 0.2) is 34.7 Å². The van der Waals surface area contributed by atoms with E-state index < -0.39 is 10.0 Å². The molecule has 0 amide bonds. The second-order valence-corrected chi connectivity index (χ2v) is 8.67. The van der Waals surface area contributed by atoms with Crippen molar-refractivity contribution in [3.8, 4) is 11.5 Å². The van der Waals surface area contributed by atoms with Gasteiger partial charge in [-0.3, -0.25) is 0 Å². The largest absolute Gasteiger partial charge is 0.421 e. The van der Waals surface area contributed by atoms with E-state index in [0.717, 1.165) is 12.0 Å². The van der Waals surface area contributed by atoms with Crippen molar-refractivity contribution in [2.45, 2.75) is 31.9 Å². The molecule has 1 unspecified atom stereocenters. The lowest BCUT2D eigenvalue weighted by molar-refractivity contribution is 0.421. The molecule has 1 aliphatic heterocycles. The first-order valence-corrected chi connectivity index (χ1v) is 9.34. The summed E-state index contributed by atoms with van der Waals surface area (Å²) in [6, 6.07) is 9.62. The summed E-state index contributed by atoms with van der Waals surface area (Å²) >= 11 is 0. The molecule has 1 aromatic heterocycles. The van der Waals surface area contributed by atoms with Crippen LogP contribution in [0, 0.1) is 5.92 Å². The molecule has 1 fully saturated rings. The smallest absolute Gasteiger partial charge is 0.247 e. The predicted molar refractivity (Wildman–Crippen MR) is 87.2 cm³/mol. The Balaban J connectivity index is 1.65. The summed E-state index contributed by atoms with van der Waals surface area (Å²) < 4.78 is 31.7. The summed E-state index contributed by atoms with van der Waals surface area (Å²) in [7, 11) is -3.17. The Morgan fingerprint density at radius 3 is 2.70 bits per heavy atom. The minimum atomic E-state index is -3.17. The highest BCUT2D eigenvalue weighted by Gasteiger charge is 2.33. The first-order valence-electron chi connectivity index (χ1n) is 7.83. The van der Waals surface area contributed by atoms with Gasteiger partial charge in [-0.2, -0.15) is 0 Å². The molecule has 1 saturated heterocycles. The van der Waals surface area contributed by atoms with Gasteiger partial charge in [0.15, 0.2) is 0 Å². The average molecular weight is 335 g/mol. The second kappa shape index (κ2) is 6.41. The second-order valence-electron chi connectivity index (χ2n) is 6.18. The lowest BCUT2D eigenvalue weighted by Gasteiger charge is -2.18. The summed E-state index contributed by atoms with van der Waals surface area (Å²) in [4.78, 5) is 0. The molecule has 0 radical (unpaired) electrons. The highest BCUT2D eigenvalue weighted by atomic mass is 32.2. The molecule has 124 valence electrons. The lowest BCUT2D eigenvalue weighted by Crippen LogP contribution is -2.34. The van der Waals surface area contributed by atoms with Crippen molar-refractivity contribution >= 4 is 10.0 Å². The molecular weight excluding hydrogens is 314 g/mol. The Morgan fingerprint density at radius 1 is 1.26 bits per heavy atom. The predicted octanol–water partition coefficient (Wildman–Crippen LogP) is 2.34. The standard InChI is InChI=1S/C16H21N3O3S/c1-12(2)23(20,21)19-9-8-13(11-19)10-15-17-18-16(22-15)14-6-4-3-5-7-14/h3-7,12-13H,8-11H2,1-2H3. The summed E-state index contributed by atoms with van der Waals surface area (Å²) in [5, 5.41) is 7.79.